The Bertz CT molecular complexity index is 1060. The van der Waals surface area contributed by atoms with Crippen molar-refractivity contribution in [2.75, 3.05) is 5.32 Å². The Kier molecular flexibility index (Phi) is 5.67. The second-order valence-electron chi connectivity index (χ2n) is 6.57. The van der Waals surface area contributed by atoms with Crippen LogP contribution in [-0.4, -0.2) is 31.8 Å². The number of hydrogen-bond acceptors (Lipinski definition) is 6. The first-order chi connectivity index (χ1) is 13.8. The molecule has 0 spiro atoms. The number of H-pyrrole nitrogens is 1. The Morgan fingerprint density at radius 1 is 1.00 bits per heavy atom. The third kappa shape index (κ3) is 4.58. The van der Waals surface area contributed by atoms with E-state index in [1.165, 1.54) is 16.9 Å². The molecule has 0 atom stereocenters. The minimum atomic E-state index is 0.542. The van der Waals surface area contributed by atoms with Crippen LogP contribution in [0.3, 0.4) is 0 Å². The van der Waals surface area contributed by atoms with Crippen LogP contribution in [0.5, 0.6) is 0 Å². The number of benzene rings is 1. The number of carbonyl (C=O) groups is 1. The number of aryl methyl sites for hydroxylation is 2. The largest absolute Gasteiger partial charge is 0.341 e. The Balaban J connectivity index is 1.32. The smallest absolute Gasteiger partial charge is 0.213 e. The van der Waals surface area contributed by atoms with Crippen molar-refractivity contribution in [1.82, 2.24) is 25.4 Å². The minimum absolute atomic E-state index is 0.542. The summed E-state index contributed by atoms with van der Waals surface area (Å²) in [6.07, 6.45) is 5.18. The first-order valence-electron chi connectivity index (χ1n) is 9.21. The minimum Gasteiger partial charge on any atom is -0.341 e. The van der Waals surface area contributed by atoms with Gasteiger partial charge in [-0.15, -0.1) is 15.3 Å². The van der Waals surface area contributed by atoms with E-state index in [0.717, 1.165) is 59.5 Å². The van der Waals surface area contributed by atoms with E-state index in [4.69, 9.17) is 0 Å². The zero-order chi connectivity index (χ0) is 19.2. The van der Waals surface area contributed by atoms with E-state index in [1.54, 1.807) is 0 Å². The van der Waals surface area contributed by atoms with Crippen molar-refractivity contribution >= 4 is 33.9 Å². The first-order valence-corrected chi connectivity index (χ1v) is 10.0. The number of amides is 1. The highest BCUT2D eigenvalue weighted by Crippen LogP contribution is 2.19. The molecule has 8 heteroatoms. The standard InChI is InChI=1S/C20H20N6OS/c27-13-21-20-26-24-18(28-20)9-5-4-8-16-11-15-12-17(22-19(15)25-23-16)10-14-6-2-1-3-7-14/h1-3,6-7,11-13H,4-5,8-10H2,(H,22,25)(H,21,26,27). The summed E-state index contributed by atoms with van der Waals surface area (Å²) in [7, 11) is 0. The summed E-state index contributed by atoms with van der Waals surface area (Å²) in [5.41, 5.74) is 4.24. The summed E-state index contributed by atoms with van der Waals surface area (Å²) in [5, 5.41) is 21.8. The maximum Gasteiger partial charge on any atom is 0.213 e. The third-order valence-corrected chi connectivity index (χ3v) is 5.36. The molecule has 0 unspecified atom stereocenters. The van der Waals surface area contributed by atoms with E-state index in [1.807, 2.05) is 6.07 Å². The molecule has 7 nitrogen and oxygen atoms in total. The van der Waals surface area contributed by atoms with E-state index >= 15 is 0 Å². The highest BCUT2D eigenvalue weighted by Gasteiger charge is 2.07. The van der Waals surface area contributed by atoms with Crippen LogP contribution >= 0.6 is 11.3 Å². The lowest BCUT2D eigenvalue weighted by Gasteiger charge is -1.99. The van der Waals surface area contributed by atoms with Crippen LogP contribution < -0.4 is 5.32 Å². The molecular weight excluding hydrogens is 372 g/mol. The monoisotopic (exact) mass is 392 g/mol. The zero-order valence-electron chi connectivity index (χ0n) is 15.3. The highest BCUT2D eigenvalue weighted by molar-refractivity contribution is 7.15. The van der Waals surface area contributed by atoms with Gasteiger partial charge in [-0.1, -0.05) is 41.7 Å². The van der Waals surface area contributed by atoms with Crippen LogP contribution in [-0.2, 0) is 24.1 Å². The lowest BCUT2D eigenvalue weighted by molar-refractivity contribution is -0.105. The second-order valence-corrected chi connectivity index (χ2v) is 7.63. The molecule has 0 fully saturated rings. The van der Waals surface area contributed by atoms with Gasteiger partial charge < -0.3 is 10.3 Å². The van der Waals surface area contributed by atoms with Crippen molar-refractivity contribution in [3.8, 4) is 0 Å². The molecule has 4 aromatic rings. The lowest BCUT2D eigenvalue weighted by Crippen LogP contribution is -1.94. The quantitative estimate of drug-likeness (QED) is 0.335. The number of rotatable bonds is 9. The maximum absolute atomic E-state index is 10.4. The van der Waals surface area contributed by atoms with Gasteiger partial charge in [0.1, 0.15) is 5.01 Å². The molecule has 0 radical (unpaired) electrons. The maximum atomic E-state index is 10.4. The summed E-state index contributed by atoms with van der Waals surface area (Å²) in [5.74, 6) is 0. The number of nitrogens with zero attached hydrogens (tertiary/aromatic N) is 4. The summed E-state index contributed by atoms with van der Waals surface area (Å²) < 4.78 is 0. The summed E-state index contributed by atoms with van der Waals surface area (Å²) >= 11 is 1.41. The van der Waals surface area contributed by atoms with Gasteiger partial charge in [-0.05, 0) is 37.0 Å². The predicted molar refractivity (Wildman–Crippen MR) is 109 cm³/mol. The number of aromatic nitrogens is 5. The van der Waals surface area contributed by atoms with Crippen molar-refractivity contribution < 1.29 is 4.79 Å². The fourth-order valence-electron chi connectivity index (χ4n) is 3.11. The highest BCUT2D eigenvalue weighted by atomic mass is 32.1. The molecule has 0 aliphatic rings. The number of anilines is 1. The van der Waals surface area contributed by atoms with Gasteiger partial charge >= 0.3 is 0 Å². The molecule has 3 aromatic heterocycles. The molecule has 1 amide bonds. The van der Waals surface area contributed by atoms with E-state index < -0.39 is 0 Å². The molecule has 0 bridgehead atoms. The number of aromatic amines is 1. The van der Waals surface area contributed by atoms with Crippen molar-refractivity contribution in [1.29, 1.82) is 0 Å². The van der Waals surface area contributed by atoms with E-state index in [0.29, 0.717) is 11.5 Å². The topological polar surface area (TPSA) is 96.5 Å². The molecule has 2 N–H and O–H groups in total. The summed E-state index contributed by atoms with van der Waals surface area (Å²) in [4.78, 5) is 13.8. The first kappa shape index (κ1) is 18.2. The number of hydrogen-bond donors (Lipinski definition) is 2. The van der Waals surface area contributed by atoms with Gasteiger partial charge in [-0.2, -0.15) is 5.10 Å². The van der Waals surface area contributed by atoms with Crippen molar-refractivity contribution in [3.63, 3.8) is 0 Å². The van der Waals surface area contributed by atoms with E-state index in [9.17, 15) is 4.79 Å². The molecule has 4 rings (SSSR count). The van der Waals surface area contributed by atoms with Crippen LogP contribution in [0, 0.1) is 0 Å². The fraction of sp³-hybridized carbons (Fsp3) is 0.250. The SMILES string of the molecule is O=CNc1nnc(CCCCc2cc3cc(Cc4ccccc4)[nH]c3nn2)s1. The molecular formula is C20H20N6OS. The normalized spacial score (nSPS) is 11.0. The van der Waals surface area contributed by atoms with Crippen LogP contribution in [0.1, 0.15) is 34.8 Å². The van der Waals surface area contributed by atoms with Crippen LogP contribution in [0.2, 0.25) is 0 Å². The third-order valence-electron chi connectivity index (χ3n) is 4.44. The van der Waals surface area contributed by atoms with Crippen LogP contribution in [0.15, 0.2) is 42.5 Å². The zero-order valence-corrected chi connectivity index (χ0v) is 16.1. The van der Waals surface area contributed by atoms with Gasteiger partial charge in [-0.25, -0.2) is 0 Å². The Morgan fingerprint density at radius 3 is 2.71 bits per heavy atom. The molecule has 0 aliphatic carbocycles. The number of carbonyl (C=O) groups excluding carboxylic acids is 1. The van der Waals surface area contributed by atoms with E-state index in [2.05, 4.69) is 67.1 Å². The van der Waals surface area contributed by atoms with Crippen molar-refractivity contribution in [3.05, 3.63) is 64.4 Å². The molecule has 142 valence electrons. The number of unbranched alkanes of at least 4 members (excludes halogenated alkanes) is 1. The fourth-order valence-corrected chi connectivity index (χ4v) is 3.85. The van der Waals surface area contributed by atoms with Crippen LogP contribution in [0.4, 0.5) is 5.13 Å². The average molecular weight is 392 g/mol. The number of fused-ring (bicyclic) bond motifs is 1. The van der Waals surface area contributed by atoms with Crippen LogP contribution in [0.25, 0.3) is 11.0 Å². The molecule has 28 heavy (non-hydrogen) atoms. The Morgan fingerprint density at radius 2 is 1.86 bits per heavy atom. The van der Waals surface area contributed by atoms with Crippen molar-refractivity contribution in [2.24, 2.45) is 0 Å². The van der Waals surface area contributed by atoms with Crippen molar-refractivity contribution in [2.45, 2.75) is 32.1 Å². The van der Waals surface area contributed by atoms with Gasteiger partial charge in [0.15, 0.2) is 5.65 Å². The second kappa shape index (κ2) is 8.71. The van der Waals surface area contributed by atoms with Gasteiger partial charge in [-0.3, -0.25) is 4.79 Å². The molecule has 1 aromatic carbocycles. The summed E-state index contributed by atoms with van der Waals surface area (Å²) in [6.45, 7) is 0. The Hall–Kier alpha value is -3.13. The van der Waals surface area contributed by atoms with E-state index in [-0.39, 0.29) is 0 Å². The molecule has 0 saturated carbocycles. The van der Waals surface area contributed by atoms with Gasteiger partial charge in [0.05, 0.1) is 5.69 Å². The number of nitrogens with one attached hydrogen (secondary N) is 2. The summed E-state index contributed by atoms with van der Waals surface area (Å²) in [6, 6.07) is 14.7. The molecule has 0 saturated heterocycles. The van der Waals surface area contributed by atoms with Gasteiger partial charge in [0.25, 0.3) is 0 Å². The Labute approximate surface area is 166 Å². The lowest BCUT2D eigenvalue weighted by atomic mass is 10.1. The average Bonchev–Trinajstić information content (AvgIpc) is 3.32. The van der Waals surface area contributed by atoms with Gasteiger partial charge in [0, 0.05) is 23.9 Å². The molecule has 0 aliphatic heterocycles. The van der Waals surface area contributed by atoms with Gasteiger partial charge in [0.2, 0.25) is 11.5 Å². The predicted octanol–water partition coefficient (Wildman–Crippen LogP) is 3.53. The molecule has 3 heterocycles.